The molecule has 0 spiro atoms. The average molecular weight is 360 g/mol. The van der Waals surface area contributed by atoms with Crippen LogP contribution in [0, 0.1) is 0 Å². The Morgan fingerprint density at radius 2 is 2.00 bits per heavy atom. The monoisotopic (exact) mass is 360 g/mol. The first-order valence-electron chi connectivity index (χ1n) is 8.79. The summed E-state index contributed by atoms with van der Waals surface area (Å²) in [7, 11) is 1.59. The molecule has 5 rings (SSSR count). The molecular formula is C19H24N2O5. The zero-order chi connectivity index (χ0) is 18.5. The minimum absolute atomic E-state index is 0.0304. The predicted octanol–water partition coefficient (Wildman–Crippen LogP) is 1.78. The Morgan fingerprint density at radius 3 is 2.69 bits per heavy atom. The third-order valence-corrected chi connectivity index (χ3v) is 5.21. The smallest absolute Gasteiger partial charge is 0.290 e. The highest BCUT2D eigenvalue weighted by molar-refractivity contribution is 5.83. The number of carboxylic acid groups (broad SMARTS) is 1. The highest BCUT2D eigenvalue weighted by Gasteiger charge is 2.29. The van der Waals surface area contributed by atoms with Gasteiger partial charge < -0.3 is 19.2 Å². The van der Waals surface area contributed by atoms with Gasteiger partial charge in [0.2, 0.25) is 5.43 Å². The molecule has 7 nitrogen and oxygen atoms in total. The van der Waals surface area contributed by atoms with Crippen LogP contribution in [0.3, 0.4) is 0 Å². The SMILES string of the molecule is COc1cccc2occ(CN3CCN4CCC3CC4)c(=O)c12.O=CO. The molecule has 0 atom stereocenters. The van der Waals surface area contributed by atoms with E-state index in [4.69, 9.17) is 19.1 Å². The highest BCUT2D eigenvalue weighted by Crippen LogP contribution is 2.25. The van der Waals surface area contributed by atoms with E-state index in [1.807, 2.05) is 18.2 Å². The molecular weight excluding hydrogens is 336 g/mol. The summed E-state index contributed by atoms with van der Waals surface area (Å²) in [4.78, 5) is 26.2. The lowest BCUT2D eigenvalue weighted by molar-refractivity contribution is -0.122. The van der Waals surface area contributed by atoms with E-state index in [-0.39, 0.29) is 11.9 Å². The van der Waals surface area contributed by atoms with Crippen molar-refractivity contribution >= 4 is 17.4 Å². The Bertz CT molecular complexity index is 811. The van der Waals surface area contributed by atoms with Crippen LogP contribution in [0.25, 0.3) is 11.0 Å². The standard InChI is InChI=1S/C18H22N2O3.CH2O2/c1-22-15-3-2-4-16-17(15)18(21)13(12-23-16)11-20-10-9-19-7-5-14(20)6-8-19;2-1-3/h2-4,12,14H,5-11H2,1H3;1H,(H,2,3). The van der Waals surface area contributed by atoms with Crippen LogP contribution in [-0.2, 0) is 11.3 Å². The van der Waals surface area contributed by atoms with Crippen LogP contribution >= 0.6 is 0 Å². The number of methoxy groups -OCH3 is 1. The van der Waals surface area contributed by atoms with Gasteiger partial charge in [0.15, 0.2) is 0 Å². The Labute approximate surface area is 151 Å². The molecule has 3 aliphatic rings. The molecule has 3 saturated heterocycles. The van der Waals surface area contributed by atoms with Crippen LogP contribution in [0.4, 0.5) is 0 Å². The second-order valence-electron chi connectivity index (χ2n) is 6.57. The van der Waals surface area contributed by atoms with Crippen LogP contribution < -0.4 is 10.2 Å². The molecule has 3 aliphatic heterocycles. The lowest BCUT2D eigenvalue weighted by Gasteiger charge is -2.31. The van der Waals surface area contributed by atoms with E-state index in [0.29, 0.717) is 29.3 Å². The molecule has 2 bridgehead atoms. The topological polar surface area (TPSA) is 83.2 Å². The molecule has 0 aliphatic carbocycles. The molecule has 0 radical (unpaired) electrons. The number of hydrogen-bond acceptors (Lipinski definition) is 6. The minimum Gasteiger partial charge on any atom is -0.496 e. The first kappa shape index (κ1) is 18.4. The lowest BCUT2D eigenvalue weighted by atomic mass is 10.0. The molecule has 0 saturated carbocycles. The maximum Gasteiger partial charge on any atom is 0.290 e. The third kappa shape index (κ3) is 3.73. The normalized spacial score (nSPS) is 22.3. The summed E-state index contributed by atoms with van der Waals surface area (Å²) >= 11 is 0. The molecule has 140 valence electrons. The Morgan fingerprint density at radius 1 is 1.27 bits per heavy atom. The van der Waals surface area contributed by atoms with Gasteiger partial charge in [-0.05, 0) is 38.1 Å². The number of hydrogen-bond donors (Lipinski definition) is 1. The zero-order valence-electron chi connectivity index (χ0n) is 14.9. The molecule has 2 aromatic rings. The van der Waals surface area contributed by atoms with Crippen LogP contribution in [0.15, 0.2) is 33.7 Å². The summed E-state index contributed by atoms with van der Waals surface area (Å²) in [5.74, 6) is 0.584. The van der Waals surface area contributed by atoms with E-state index in [9.17, 15) is 4.79 Å². The second-order valence-corrected chi connectivity index (χ2v) is 6.57. The number of fused-ring (bicyclic) bond motifs is 5. The van der Waals surface area contributed by atoms with E-state index in [1.54, 1.807) is 13.4 Å². The molecule has 0 unspecified atom stereocenters. The summed E-state index contributed by atoms with van der Waals surface area (Å²) in [5, 5.41) is 7.44. The molecule has 0 amide bonds. The van der Waals surface area contributed by atoms with Gasteiger partial charge in [0.25, 0.3) is 6.47 Å². The van der Waals surface area contributed by atoms with Gasteiger partial charge in [-0.15, -0.1) is 0 Å². The van der Waals surface area contributed by atoms with Crippen molar-refractivity contribution in [3.05, 3.63) is 40.2 Å². The van der Waals surface area contributed by atoms with Gasteiger partial charge in [0.05, 0.1) is 13.4 Å². The fourth-order valence-corrected chi connectivity index (χ4v) is 3.85. The van der Waals surface area contributed by atoms with E-state index >= 15 is 0 Å². The van der Waals surface area contributed by atoms with E-state index < -0.39 is 0 Å². The molecule has 7 heteroatoms. The summed E-state index contributed by atoms with van der Waals surface area (Å²) in [6, 6.07) is 6.04. The number of piperidine rings is 1. The van der Waals surface area contributed by atoms with Crippen LogP contribution in [-0.4, -0.2) is 60.7 Å². The van der Waals surface area contributed by atoms with Crippen molar-refractivity contribution in [3.8, 4) is 5.75 Å². The third-order valence-electron chi connectivity index (χ3n) is 5.21. The first-order chi connectivity index (χ1) is 12.7. The molecule has 4 heterocycles. The molecule has 1 aromatic carbocycles. The zero-order valence-corrected chi connectivity index (χ0v) is 14.9. The van der Waals surface area contributed by atoms with Gasteiger partial charge in [0.1, 0.15) is 16.7 Å². The van der Waals surface area contributed by atoms with Crippen molar-refractivity contribution in [1.82, 2.24) is 9.80 Å². The summed E-state index contributed by atoms with van der Waals surface area (Å²) in [5.41, 5.74) is 1.34. The minimum atomic E-state index is -0.250. The van der Waals surface area contributed by atoms with Crippen LogP contribution in [0.2, 0.25) is 0 Å². The van der Waals surface area contributed by atoms with E-state index in [0.717, 1.165) is 18.7 Å². The maximum absolute atomic E-state index is 12.9. The Balaban J connectivity index is 0.000000613. The van der Waals surface area contributed by atoms with Gasteiger partial charge in [0, 0.05) is 31.2 Å². The number of ether oxygens (including phenoxy) is 1. The van der Waals surface area contributed by atoms with E-state index in [2.05, 4.69) is 9.80 Å². The van der Waals surface area contributed by atoms with Crippen molar-refractivity contribution in [2.24, 2.45) is 0 Å². The highest BCUT2D eigenvalue weighted by atomic mass is 16.5. The van der Waals surface area contributed by atoms with Crippen molar-refractivity contribution in [3.63, 3.8) is 0 Å². The summed E-state index contributed by atoms with van der Waals surface area (Å²) in [6.07, 6.45) is 4.02. The molecule has 3 fully saturated rings. The maximum atomic E-state index is 12.9. The predicted molar refractivity (Wildman–Crippen MR) is 97.6 cm³/mol. The van der Waals surface area contributed by atoms with Gasteiger partial charge >= 0.3 is 0 Å². The Hall–Kier alpha value is -2.38. The van der Waals surface area contributed by atoms with Crippen molar-refractivity contribution in [2.45, 2.75) is 25.4 Å². The van der Waals surface area contributed by atoms with Crippen molar-refractivity contribution in [1.29, 1.82) is 0 Å². The van der Waals surface area contributed by atoms with Gasteiger partial charge in [-0.1, -0.05) is 6.07 Å². The fraction of sp³-hybridized carbons (Fsp3) is 0.474. The second kappa shape index (κ2) is 8.33. The molecule has 1 aromatic heterocycles. The fourth-order valence-electron chi connectivity index (χ4n) is 3.85. The Kier molecular flexibility index (Phi) is 5.90. The molecule has 1 N–H and O–H groups in total. The number of nitrogens with zero attached hydrogens (tertiary/aromatic N) is 2. The van der Waals surface area contributed by atoms with Crippen molar-refractivity contribution in [2.75, 3.05) is 33.3 Å². The van der Waals surface area contributed by atoms with Gasteiger partial charge in [-0.25, -0.2) is 0 Å². The van der Waals surface area contributed by atoms with Gasteiger partial charge in [-0.2, -0.15) is 0 Å². The van der Waals surface area contributed by atoms with Crippen LogP contribution in [0.5, 0.6) is 5.75 Å². The summed E-state index contributed by atoms with van der Waals surface area (Å²) in [6.45, 7) is 4.89. The number of benzene rings is 1. The van der Waals surface area contributed by atoms with Crippen LogP contribution in [0.1, 0.15) is 18.4 Å². The molecule has 26 heavy (non-hydrogen) atoms. The lowest BCUT2D eigenvalue weighted by Crippen LogP contribution is -2.38. The van der Waals surface area contributed by atoms with Gasteiger partial charge in [-0.3, -0.25) is 14.5 Å². The average Bonchev–Trinajstić information content (AvgIpc) is 2.97. The largest absolute Gasteiger partial charge is 0.496 e. The number of rotatable bonds is 3. The first-order valence-corrected chi connectivity index (χ1v) is 8.79. The van der Waals surface area contributed by atoms with E-state index in [1.165, 1.54) is 25.9 Å². The summed E-state index contributed by atoms with van der Waals surface area (Å²) < 4.78 is 11.0. The van der Waals surface area contributed by atoms with Crippen molar-refractivity contribution < 1.29 is 19.1 Å². The quantitative estimate of drug-likeness (QED) is 0.836. The number of carbonyl (C=O) groups is 1.